The third kappa shape index (κ3) is 3.88. The molecule has 110 valence electrons. The van der Waals surface area contributed by atoms with Gasteiger partial charge in [-0.3, -0.25) is 0 Å². The molecule has 1 aromatic heterocycles. The number of nitrogens with one attached hydrogen (secondary N) is 1. The molecule has 0 fully saturated rings. The maximum atomic E-state index is 4.46. The number of nitrogens with zero attached hydrogens (tertiary/aromatic N) is 3. The number of hydrogen-bond acceptors (Lipinski definition) is 4. The number of aryl methyl sites for hydroxylation is 3. The second-order valence-electron chi connectivity index (χ2n) is 5.01. The van der Waals surface area contributed by atoms with Crippen LogP contribution in [0.15, 0.2) is 35.4 Å². The first-order valence-corrected chi connectivity index (χ1v) is 7.37. The number of aromatic nitrogens is 2. The van der Waals surface area contributed by atoms with Crippen LogP contribution in [0.1, 0.15) is 43.3 Å². The van der Waals surface area contributed by atoms with E-state index in [-0.39, 0.29) is 0 Å². The Bertz CT molecular complexity index is 625. The molecule has 0 aliphatic heterocycles. The van der Waals surface area contributed by atoms with Gasteiger partial charge >= 0.3 is 0 Å². The van der Waals surface area contributed by atoms with Gasteiger partial charge in [0.05, 0.1) is 5.71 Å². The largest absolute Gasteiger partial charge is 0.245 e. The van der Waals surface area contributed by atoms with Gasteiger partial charge in [0.2, 0.25) is 5.95 Å². The second-order valence-corrected chi connectivity index (χ2v) is 5.01. The highest BCUT2D eigenvalue weighted by Crippen LogP contribution is 2.10. The molecular formula is C17H22N4. The van der Waals surface area contributed by atoms with E-state index in [4.69, 9.17) is 0 Å². The van der Waals surface area contributed by atoms with Gasteiger partial charge in [-0.1, -0.05) is 38.1 Å². The van der Waals surface area contributed by atoms with Gasteiger partial charge in [-0.2, -0.15) is 5.10 Å². The molecule has 0 aliphatic carbocycles. The Kier molecular flexibility index (Phi) is 5.04. The smallest absolute Gasteiger partial charge is 0.243 e. The predicted octanol–water partition coefficient (Wildman–Crippen LogP) is 3.75. The van der Waals surface area contributed by atoms with Crippen molar-refractivity contribution in [2.45, 2.75) is 40.5 Å². The van der Waals surface area contributed by atoms with Crippen LogP contribution >= 0.6 is 0 Å². The van der Waals surface area contributed by atoms with E-state index >= 15 is 0 Å². The van der Waals surface area contributed by atoms with Crippen molar-refractivity contribution in [3.05, 3.63) is 52.8 Å². The summed E-state index contributed by atoms with van der Waals surface area (Å²) in [5.74, 6) is 0.569. The van der Waals surface area contributed by atoms with Crippen molar-refractivity contribution < 1.29 is 0 Å². The maximum Gasteiger partial charge on any atom is 0.243 e. The van der Waals surface area contributed by atoms with E-state index in [9.17, 15) is 0 Å². The number of benzene rings is 1. The summed E-state index contributed by atoms with van der Waals surface area (Å²) in [6.45, 7) is 8.25. The minimum Gasteiger partial charge on any atom is -0.245 e. The fraction of sp³-hybridized carbons (Fsp3) is 0.353. The standard InChI is InChI=1S/C17H22N4/c1-5-14-11-15(6-2)19-17(18-14)21-20-13(4)16-10-8-7-9-12(16)3/h7-11H,5-6H2,1-4H3,(H,18,19,21). The number of anilines is 1. The first-order valence-electron chi connectivity index (χ1n) is 7.37. The summed E-state index contributed by atoms with van der Waals surface area (Å²) in [5, 5.41) is 4.42. The van der Waals surface area contributed by atoms with Gasteiger partial charge in [-0.05, 0) is 38.3 Å². The average molecular weight is 282 g/mol. The van der Waals surface area contributed by atoms with Crippen molar-refractivity contribution in [2.24, 2.45) is 5.10 Å². The monoisotopic (exact) mass is 282 g/mol. The summed E-state index contributed by atoms with van der Waals surface area (Å²) < 4.78 is 0. The third-order valence-corrected chi connectivity index (χ3v) is 3.42. The summed E-state index contributed by atoms with van der Waals surface area (Å²) in [4.78, 5) is 8.92. The molecule has 1 N–H and O–H groups in total. The van der Waals surface area contributed by atoms with E-state index in [2.05, 4.69) is 53.4 Å². The molecule has 0 atom stereocenters. The SMILES string of the molecule is CCc1cc(CC)nc(NN=C(C)c2ccccc2C)n1. The lowest BCUT2D eigenvalue weighted by Gasteiger charge is -2.07. The highest BCUT2D eigenvalue weighted by atomic mass is 15.4. The van der Waals surface area contributed by atoms with Gasteiger partial charge in [0.15, 0.2) is 0 Å². The Morgan fingerprint density at radius 2 is 1.71 bits per heavy atom. The molecule has 1 aromatic carbocycles. The molecule has 1 heterocycles. The summed E-state index contributed by atoms with van der Waals surface area (Å²) in [6.07, 6.45) is 1.79. The number of hydrazone groups is 1. The van der Waals surface area contributed by atoms with Crippen LogP contribution in [0.4, 0.5) is 5.95 Å². The van der Waals surface area contributed by atoms with E-state index in [1.165, 1.54) is 5.56 Å². The van der Waals surface area contributed by atoms with Crippen molar-refractivity contribution in [3.8, 4) is 0 Å². The Labute approximate surface area is 126 Å². The topological polar surface area (TPSA) is 50.2 Å². The Balaban J connectivity index is 2.22. The van der Waals surface area contributed by atoms with E-state index in [0.29, 0.717) is 5.95 Å². The van der Waals surface area contributed by atoms with Gasteiger partial charge in [-0.25, -0.2) is 15.4 Å². The maximum absolute atomic E-state index is 4.46. The normalized spacial score (nSPS) is 11.5. The first-order chi connectivity index (χ1) is 10.1. The van der Waals surface area contributed by atoms with Crippen LogP contribution in [-0.4, -0.2) is 15.7 Å². The molecular weight excluding hydrogens is 260 g/mol. The average Bonchev–Trinajstić information content (AvgIpc) is 2.52. The lowest BCUT2D eigenvalue weighted by molar-refractivity contribution is 0.932. The molecule has 0 unspecified atom stereocenters. The first kappa shape index (κ1) is 15.2. The van der Waals surface area contributed by atoms with Crippen LogP contribution in [0.25, 0.3) is 0 Å². The highest BCUT2D eigenvalue weighted by molar-refractivity contribution is 6.00. The Morgan fingerprint density at radius 1 is 1.10 bits per heavy atom. The van der Waals surface area contributed by atoms with Crippen LogP contribution in [0.5, 0.6) is 0 Å². The van der Waals surface area contributed by atoms with Crippen LogP contribution in [-0.2, 0) is 12.8 Å². The fourth-order valence-corrected chi connectivity index (χ4v) is 2.14. The van der Waals surface area contributed by atoms with E-state index < -0.39 is 0 Å². The van der Waals surface area contributed by atoms with Crippen molar-refractivity contribution in [3.63, 3.8) is 0 Å². The van der Waals surface area contributed by atoms with Crippen LogP contribution in [0.3, 0.4) is 0 Å². The molecule has 2 rings (SSSR count). The zero-order valence-electron chi connectivity index (χ0n) is 13.1. The minimum absolute atomic E-state index is 0.569. The molecule has 0 amide bonds. The van der Waals surface area contributed by atoms with Gasteiger partial charge in [0, 0.05) is 17.0 Å². The number of rotatable bonds is 5. The fourth-order valence-electron chi connectivity index (χ4n) is 2.14. The summed E-state index contributed by atoms with van der Waals surface area (Å²) in [5.41, 5.74) is 8.32. The minimum atomic E-state index is 0.569. The van der Waals surface area contributed by atoms with E-state index in [1.54, 1.807) is 0 Å². The summed E-state index contributed by atoms with van der Waals surface area (Å²) in [7, 11) is 0. The molecule has 2 aromatic rings. The molecule has 0 aliphatic rings. The Hall–Kier alpha value is -2.23. The highest BCUT2D eigenvalue weighted by Gasteiger charge is 2.04. The lowest BCUT2D eigenvalue weighted by Crippen LogP contribution is -2.06. The molecule has 0 spiro atoms. The van der Waals surface area contributed by atoms with E-state index in [0.717, 1.165) is 35.5 Å². The molecule has 21 heavy (non-hydrogen) atoms. The third-order valence-electron chi connectivity index (χ3n) is 3.42. The van der Waals surface area contributed by atoms with Crippen LogP contribution in [0.2, 0.25) is 0 Å². The molecule has 0 radical (unpaired) electrons. The van der Waals surface area contributed by atoms with Gasteiger partial charge in [0.1, 0.15) is 0 Å². The van der Waals surface area contributed by atoms with Crippen molar-refractivity contribution >= 4 is 11.7 Å². The van der Waals surface area contributed by atoms with E-state index in [1.807, 2.05) is 25.1 Å². The van der Waals surface area contributed by atoms with Crippen molar-refractivity contribution in [1.29, 1.82) is 0 Å². The van der Waals surface area contributed by atoms with Crippen molar-refractivity contribution in [1.82, 2.24) is 9.97 Å². The molecule has 0 saturated carbocycles. The molecule has 0 saturated heterocycles. The Morgan fingerprint density at radius 3 is 2.29 bits per heavy atom. The molecule has 4 nitrogen and oxygen atoms in total. The summed E-state index contributed by atoms with van der Waals surface area (Å²) in [6, 6.07) is 10.2. The lowest BCUT2D eigenvalue weighted by atomic mass is 10.1. The summed E-state index contributed by atoms with van der Waals surface area (Å²) >= 11 is 0. The van der Waals surface area contributed by atoms with Gasteiger partial charge in [0.25, 0.3) is 0 Å². The molecule has 0 bridgehead atoms. The molecule has 4 heteroatoms. The predicted molar refractivity (Wildman–Crippen MR) is 87.8 cm³/mol. The van der Waals surface area contributed by atoms with Crippen LogP contribution < -0.4 is 5.43 Å². The second kappa shape index (κ2) is 6.97. The quantitative estimate of drug-likeness (QED) is 0.671. The van der Waals surface area contributed by atoms with Gasteiger partial charge in [-0.15, -0.1) is 0 Å². The zero-order chi connectivity index (χ0) is 15.2. The van der Waals surface area contributed by atoms with Gasteiger partial charge < -0.3 is 0 Å². The van der Waals surface area contributed by atoms with Crippen molar-refractivity contribution in [2.75, 3.05) is 5.43 Å². The number of hydrogen-bond donors (Lipinski definition) is 1. The van der Waals surface area contributed by atoms with Crippen LogP contribution in [0, 0.1) is 6.92 Å². The zero-order valence-corrected chi connectivity index (χ0v) is 13.1.